The summed E-state index contributed by atoms with van der Waals surface area (Å²) in [5.74, 6) is 0.144. The van der Waals surface area contributed by atoms with Crippen LogP contribution in [0.3, 0.4) is 0 Å². The molecule has 3 aromatic rings. The summed E-state index contributed by atoms with van der Waals surface area (Å²) in [4.78, 5) is 12.6. The number of hydrogen-bond donors (Lipinski definition) is 1. The molecule has 1 aromatic heterocycles. The highest BCUT2D eigenvalue weighted by Crippen LogP contribution is 2.29. The smallest absolute Gasteiger partial charge is 0.220 e. The number of rotatable bonds is 8. The average Bonchev–Trinajstić information content (AvgIpc) is 3.23. The predicted octanol–water partition coefficient (Wildman–Crippen LogP) is 4.10. The van der Waals surface area contributed by atoms with Crippen LogP contribution in [0.15, 0.2) is 88.4 Å². The molecular weight excluding hydrogens is 374 g/mol. The molecule has 3 rings (SSSR count). The number of benzene rings is 2. The van der Waals surface area contributed by atoms with E-state index in [1.807, 2.05) is 37.3 Å². The van der Waals surface area contributed by atoms with Crippen molar-refractivity contribution in [3.05, 3.63) is 90.4 Å². The summed E-state index contributed by atoms with van der Waals surface area (Å²) >= 11 is 0. The van der Waals surface area contributed by atoms with Crippen LogP contribution in [-0.4, -0.2) is 20.9 Å². The van der Waals surface area contributed by atoms with Gasteiger partial charge < -0.3 is 9.73 Å². The molecule has 0 aliphatic carbocycles. The van der Waals surface area contributed by atoms with Crippen molar-refractivity contribution >= 4 is 15.7 Å². The number of carbonyl (C=O) groups is 1. The van der Waals surface area contributed by atoms with E-state index >= 15 is 0 Å². The van der Waals surface area contributed by atoms with Gasteiger partial charge in [-0.05, 0) is 35.7 Å². The molecular formula is C22H23NO4S. The monoisotopic (exact) mass is 397 g/mol. The lowest BCUT2D eigenvalue weighted by atomic mass is 9.97. The second-order valence-corrected chi connectivity index (χ2v) is 8.81. The van der Waals surface area contributed by atoms with E-state index in [-0.39, 0.29) is 29.7 Å². The number of sulfone groups is 1. The summed E-state index contributed by atoms with van der Waals surface area (Å²) in [7, 11) is -3.71. The van der Waals surface area contributed by atoms with Gasteiger partial charge in [0.05, 0.1) is 11.2 Å². The molecule has 6 heteroatoms. The molecule has 5 nitrogen and oxygen atoms in total. The minimum Gasteiger partial charge on any atom is -0.468 e. The quantitative estimate of drug-likeness (QED) is 0.621. The molecule has 0 saturated carbocycles. The molecule has 2 atom stereocenters. The second kappa shape index (κ2) is 8.89. The van der Waals surface area contributed by atoms with E-state index < -0.39 is 15.1 Å². The fourth-order valence-electron chi connectivity index (χ4n) is 3.07. The SMILES string of the molecule is CC(CC(=O)NCC(c1ccco1)S(=O)(=O)c1ccccc1)c1ccccc1. The summed E-state index contributed by atoms with van der Waals surface area (Å²) < 4.78 is 31.5. The highest BCUT2D eigenvalue weighted by molar-refractivity contribution is 7.91. The summed E-state index contributed by atoms with van der Waals surface area (Å²) in [6.07, 6.45) is 1.71. The minimum absolute atomic E-state index is 0.0361. The molecule has 0 saturated heterocycles. The normalized spacial score (nSPS) is 13.6. The molecule has 2 aromatic carbocycles. The third-order valence-electron chi connectivity index (χ3n) is 4.65. The maximum absolute atomic E-state index is 13.1. The van der Waals surface area contributed by atoms with E-state index in [1.54, 1.807) is 42.5 Å². The van der Waals surface area contributed by atoms with Crippen molar-refractivity contribution < 1.29 is 17.6 Å². The molecule has 0 spiro atoms. The molecule has 146 valence electrons. The Morgan fingerprint density at radius 2 is 1.61 bits per heavy atom. The van der Waals surface area contributed by atoms with Gasteiger partial charge in [-0.1, -0.05) is 55.5 Å². The molecule has 0 bridgehead atoms. The van der Waals surface area contributed by atoms with Crippen molar-refractivity contribution in [1.82, 2.24) is 5.32 Å². The first-order valence-corrected chi connectivity index (χ1v) is 10.7. The van der Waals surface area contributed by atoms with Gasteiger partial charge in [0.25, 0.3) is 0 Å². The zero-order chi connectivity index (χ0) is 20.0. The summed E-state index contributed by atoms with van der Waals surface area (Å²) in [5, 5.41) is 1.78. The first-order valence-electron chi connectivity index (χ1n) is 9.12. The number of hydrogen-bond acceptors (Lipinski definition) is 4. The van der Waals surface area contributed by atoms with Gasteiger partial charge in [-0.25, -0.2) is 8.42 Å². The number of carbonyl (C=O) groups excluding carboxylic acids is 1. The Labute approximate surface area is 165 Å². The molecule has 1 N–H and O–H groups in total. The third kappa shape index (κ3) is 4.70. The van der Waals surface area contributed by atoms with Crippen LogP contribution in [0.5, 0.6) is 0 Å². The molecule has 2 unspecified atom stereocenters. The van der Waals surface area contributed by atoms with Crippen molar-refractivity contribution in [2.45, 2.75) is 29.4 Å². The topological polar surface area (TPSA) is 76.4 Å². The van der Waals surface area contributed by atoms with Crippen molar-refractivity contribution in [3.8, 4) is 0 Å². The van der Waals surface area contributed by atoms with E-state index in [9.17, 15) is 13.2 Å². The van der Waals surface area contributed by atoms with Gasteiger partial charge in [0.2, 0.25) is 5.91 Å². The van der Waals surface area contributed by atoms with Gasteiger partial charge in [0.1, 0.15) is 11.0 Å². The van der Waals surface area contributed by atoms with Crippen molar-refractivity contribution in [3.63, 3.8) is 0 Å². The van der Waals surface area contributed by atoms with Crippen LogP contribution >= 0.6 is 0 Å². The molecule has 1 heterocycles. The average molecular weight is 397 g/mol. The Bertz CT molecular complexity index is 984. The molecule has 0 fully saturated rings. The summed E-state index contributed by atoms with van der Waals surface area (Å²) in [6, 6.07) is 21.2. The Morgan fingerprint density at radius 1 is 0.964 bits per heavy atom. The van der Waals surface area contributed by atoms with Crippen LogP contribution in [0.25, 0.3) is 0 Å². The Morgan fingerprint density at radius 3 is 2.21 bits per heavy atom. The standard InChI is InChI=1S/C22H23NO4S/c1-17(18-9-4-2-5-10-18)15-22(24)23-16-21(20-13-8-14-27-20)28(25,26)19-11-6-3-7-12-19/h2-14,17,21H,15-16H2,1H3,(H,23,24). The predicted molar refractivity (Wildman–Crippen MR) is 108 cm³/mol. The van der Waals surface area contributed by atoms with Gasteiger partial charge in [0.15, 0.2) is 9.84 Å². The lowest BCUT2D eigenvalue weighted by molar-refractivity contribution is -0.121. The van der Waals surface area contributed by atoms with Crippen LogP contribution in [0, 0.1) is 0 Å². The molecule has 1 amide bonds. The Hall–Kier alpha value is -2.86. The molecule has 0 aliphatic rings. The summed E-state index contributed by atoms with van der Waals surface area (Å²) in [5.41, 5.74) is 1.07. The van der Waals surface area contributed by atoms with E-state index in [4.69, 9.17) is 4.42 Å². The fourth-order valence-corrected chi connectivity index (χ4v) is 4.68. The lowest BCUT2D eigenvalue weighted by Gasteiger charge is -2.18. The van der Waals surface area contributed by atoms with Crippen molar-refractivity contribution in [1.29, 1.82) is 0 Å². The largest absolute Gasteiger partial charge is 0.468 e. The summed E-state index contributed by atoms with van der Waals surface area (Å²) in [6.45, 7) is 1.92. The number of amides is 1. The van der Waals surface area contributed by atoms with Crippen LogP contribution in [-0.2, 0) is 14.6 Å². The maximum Gasteiger partial charge on any atom is 0.220 e. The highest BCUT2D eigenvalue weighted by atomic mass is 32.2. The maximum atomic E-state index is 13.1. The first kappa shape index (κ1) is 19.9. The lowest BCUT2D eigenvalue weighted by Crippen LogP contribution is -2.32. The van der Waals surface area contributed by atoms with Crippen LogP contribution in [0.2, 0.25) is 0 Å². The minimum atomic E-state index is -3.71. The zero-order valence-corrected chi connectivity index (χ0v) is 16.4. The Balaban J connectivity index is 1.72. The van der Waals surface area contributed by atoms with E-state index in [1.165, 1.54) is 6.26 Å². The van der Waals surface area contributed by atoms with Crippen molar-refractivity contribution in [2.75, 3.05) is 6.54 Å². The van der Waals surface area contributed by atoms with Crippen LogP contribution < -0.4 is 5.32 Å². The van der Waals surface area contributed by atoms with E-state index in [0.29, 0.717) is 5.76 Å². The van der Waals surface area contributed by atoms with E-state index in [0.717, 1.165) is 5.56 Å². The van der Waals surface area contributed by atoms with Crippen LogP contribution in [0.1, 0.15) is 35.8 Å². The second-order valence-electron chi connectivity index (χ2n) is 6.68. The van der Waals surface area contributed by atoms with Gasteiger partial charge in [-0.3, -0.25) is 4.79 Å². The van der Waals surface area contributed by atoms with E-state index in [2.05, 4.69) is 5.32 Å². The highest BCUT2D eigenvalue weighted by Gasteiger charge is 2.31. The molecule has 0 radical (unpaired) electrons. The Kier molecular flexibility index (Phi) is 6.31. The molecule has 28 heavy (non-hydrogen) atoms. The van der Waals surface area contributed by atoms with Gasteiger partial charge in [-0.15, -0.1) is 0 Å². The van der Waals surface area contributed by atoms with Crippen molar-refractivity contribution in [2.24, 2.45) is 0 Å². The number of furan rings is 1. The van der Waals surface area contributed by atoms with Gasteiger partial charge >= 0.3 is 0 Å². The number of nitrogens with one attached hydrogen (secondary N) is 1. The third-order valence-corrected chi connectivity index (χ3v) is 6.73. The first-order chi connectivity index (χ1) is 13.5. The fraction of sp³-hybridized carbons (Fsp3) is 0.227. The van der Waals surface area contributed by atoms with Crippen LogP contribution in [0.4, 0.5) is 0 Å². The van der Waals surface area contributed by atoms with Gasteiger partial charge in [-0.2, -0.15) is 0 Å². The zero-order valence-electron chi connectivity index (χ0n) is 15.6. The van der Waals surface area contributed by atoms with Gasteiger partial charge in [0, 0.05) is 13.0 Å². The molecule has 0 aliphatic heterocycles.